The average molecular weight is 399 g/mol. The zero-order valence-electron chi connectivity index (χ0n) is 16.0. The monoisotopic (exact) mass is 399 g/mol. The minimum Gasteiger partial charge on any atom is -0.349 e. The van der Waals surface area contributed by atoms with Gasteiger partial charge in [-0.3, -0.25) is 14.3 Å². The molecular formula is C20H22FN5OS. The van der Waals surface area contributed by atoms with Gasteiger partial charge in [-0.15, -0.1) is 10.2 Å². The summed E-state index contributed by atoms with van der Waals surface area (Å²) in [6, 6.07) is 9.22. The van der Waals surface area contributed by atoms with E-state index in [4.69, 9.17) is 0 Å². The van der Waals surface area contributed by atoms with Crippen LogP contribution in [-0.2, 0) is 4.79 Å². The molecule has 0 aliphatic rings. The molecule has 0 aliphatic carbocycles. The summed E-state index contributed by atoms with van der Waals surface area (Å²) >= 11 is 1.30. The Bertz CT molecular complexity index is 942. The van der Waals surface area contributed by atoms with Gasteiger partial charge in [0, 0.05) is 11.9 Å². The fourth-order valence-corrected chi connectivity index (χ4v) is 3.42. The van der Waals surface area contributed by atoms with Crippen molar-refractivity contribution >= 4 is 17.7 Å². The number of pyridine rings is 1. The van der Waals surface area contributed by atoms with Crippen LogP contribution in [0.4, 0.5) is 4.39 Å². The van der Waals surface area contributed by atoms with Crippen molar-refractivity contribution < 1.29 is 9.18 Å². The van der Waals surface area contributed by atoms with Gasteiger partial charge in [-0.05, 0) is 42.2 Å². The molecule has 8 heteroatoms. The van der Waals surface area contributed by atoms with Crippen molar-refractivity contribution in [3.05, 3.63) is 66.0 Å². The van der Waals surface area contributed by atoms with Crippen molar-refractivity contribution in [2.45, 2.75) is 37.9 Å². The molecule has 0 saturated heterocycles. The second kappa shape index (κ2) is 8.97. The van der Waals surface area contributed by atoms with Crippen molar-refractivity contribution in [2.75, 3.05) is 5.75 Å². The molecule has 146 valence electrons. The number of hydrogen-bond acceptors (Lipinski definition) is 5. The lowest BCUT2D eigenvalue weighted by molar-refractivity contribution is -0.119. The molecule has 2 heterocycles. The first-order chi connectivity index (χ1) is 13.4. The predicted molar refractivity (Wildman–Crippen MR) is 107 cm³/mol. The molecule has 0 spiro atoms. The van der Waals surface area contributed by atoms with E-state index < -0.39 is 5.82 Å². The highest BCUT2D eigenvalue weighted by Crippen LogP contribution is 2.22. The number of halogens is 1. The maximum Gasteiger partial charge on any atom is 0.230 e. The van der Waals surface area contributed by atoms with Gasteiger partial charge in [-0.1, -0.05) is 37.7 Å². The molecule has 0 saturated carbocycles. The quantitative estimate of drug-likeness (QED) is 0.610. The van der Waals surface area contributed by atoms with Crippen LogP contribution in [0.3, 0.4) is 0 Å². The van der Waals surface area contributed by atoms with Crippen molar-refractivity contribution in [3.63, 3.8) is 0 Å². The Hall–Kier alpha value is -2.74. The van der Waals surface area contributed by atoms with Crippen LogP contribution in [0.2, 0.25) is 0 Å². The van der Waals surface area contributed by atoms with E-state index in [9.17, 15) is 9.18 Å². The van der Waals surface area contributed by atoms with Gasteiger partial charge < -0.3 is 5.32 Å². The summed E-state index contributed by atoms with van der Waals surface area (Å²) < 4.78 is 15.1. The fourth-order valence-electron chi connectivity index (χ4n) is 2.68. The van der Waals surface area contributed by atoms with E-state index in [0.717, 1.165) is 11.9 Å². The first-order valence-electron chi connectivity index (χ1n) is 8.97. The average Bonchev–Trinajstić information content (AvgIpc) is 3.15. The number of benzene rings is 1. The highest BCUT2D eigenvalue weighted by Gasteiger charge is 2.14. The number of hydrogen-bond donors (Lipinski definition) is 1. The fraction of sp³-hybridized carbons (Fsp3) is 0.300. The third-order valence-electron chi connectivity index (χ3n) is 4.29. The van der Waals surface area contributed by atoms with E-state index in [0.29, 0.717) is 16.6 Å². The van der Waals surface area contributed by atoms with Crippen LogP contribution in [0.1, 0.15) is 43.9 Å². The van der Waals surface area contributed by atoms with Crippen molar-refractivity contribution in [1.82, 2.24) is 25.1 Å². The van der Waals surface area contributed by atoms with Gasteiger partial charge in [0.15, 0.2) is 5.16 Å². The topological polar surface area (TPSA) is 72.7 Å². The maximum atomic E-state index is 13.3. The molecule has 3 rings (SSSR count). The van der Waals surface area contributed by atoms with E-state index in [-0.39, 0.29) is 17.7 Å². The highest BCUT2D eigenvalue weighted by molar-refractivity contribution is 7.99. The lowest BCUT2D eigenvalue weighted by Gasteiger charge is -2.14. The van der Waals surface area contributed by atoms with Crippen LogP contribution in [0.25, 0.3) is 5.69 Å². The SMILES string of the molecule is CC(C)c1ccc(-n2cnnc2SCC(=O)N[C@H](C)c2cncc(F)c2)cc1. The molecule has 1 aromatic carbocycles. The Morgan fingerprint density at radius 1 is 1.18 bits per heavy atom. The van der Waals surface area contributed by atoms with Crippen LogP contribution >= 0.6 is 11.8 Å². The molecule has 0 unspecified atom stereocenters. The van der Waals surface area contributed by atoms with Gasteiger partial charge >= 0.3 is 0 Å². The van der Waals surface area contributed by atoms with Crippen molar-refractivity contribution in [2.24, 2.45) is 0 Å². The number of nitrogens with zero attached hydrogens (tertiary/aromatic N) is 4. The van der Waals surface area contributed by atoms with Crippen LogP contribution < -0.4 is 5.32 Å². The largest absolute Gasteiger partial charge is 0.349 e. The van der Waals surface area contributed by atoms with Crippen molar-refractivity contribution in [1.29, 1.82) is 0 Å². The summed E-state index contributed by atoms with van der Waals surface area (Å²) in [6.45, 7) is 6.08. The highest BCUT2D eigenvalue weighted by atomic mass is 32.2. The first kappa shape index (κ1) is 20.0. The van der Waals surface area contributed by atoms with E-state index in [1.165, 1.54) is 23.4 Å². The van der Waals surface area contributed by atoms with Crippen LogP contribution in [0, 0.1) is 5.82 Å². The van der Waals surface area contributed by atoms with Crippen molar-refractivity contribution in [3.8, 4) is 5.69 Å². The lowest BCUT2D eigenvalue weighted by Crippen LogP contribution is -2.28. The summed E-state index contributed by atoms with van der Waals surface area (Å²) in [5.74, 6) is 0.0365. The molecule has 0 radical (unpaired) electrons. The molecule has 0 fully saturated rings. The summed E-state index contributed by atoms with van der Waals surface area (Å²) in [4.78, 5) is 16.1. The second-order valence-corrected chi connectivity index (χ2v) is 7.69. The summed E-state index contributed by atoms with van der Waals surface area (Å²) in [5.41, 5.74) is 2.81. The first-order valence-corrected chi connectivity index (χ1v) is 9.95. The number of amides is 1. The Balaban J connectivity index is 1.61. The Labute approximate surface area is 167 Å². The standard InChI is InChI=1S/C20H22FN5OS/c1-13(2)15-4-6-18(7-5-15)26-12-23-25-20(26)28-11-19(27)24-14(3)16-8-17(21)10-22-9-16/h4-10,12-14H,11H2,1-3H3,(H,24,27)/t14-/m1/s1. The molecule has 0 aliphatic heterocycles. The van der Waals surface area contributed by atoms with Crippen LogP contribution in [0.5, 0.6) is 0 Å². The minimum absolute atomic E-state index is 0.175. The van der Waals surface area contributed by atoms with Gasteiger partial charge in [0.25, 0.3) is 0 Å². The Morgan fingerprint density at radius 3 is 2.61 bits per heavy atom. The summed E-state index contributed by atoms with van der Waals surface area (Å²) in [5, 5.41) is 11.5. The third kappa shape index (κ3) is 4.95. The number of rotatable bonds is 7. The molecule has 1 amide bonds. The number of aromatic nitrogens is 4. The molecule has 6 nitrogen and oxygen atoms in total. The van der Waals surface area contributed by atoms with Gasteiger partial charge in [0.1, 0.15) is 12.1 Å². The molecule has 1 N–H and O–H groups in total. The molecule has 28 heavy (non-hydrogen) atoms. The number of carbonyl (C=O) groups is 1. The second-order valence-electron chi connectivity index (χ2n) is 6.74. The normalized spacial score (nSPS) is 12.2. The van der Waals surface area contributed by atoms with Gasteiger partial charge in [-0.2, -0.15) is 0 Å². The van der Waals surface area contributed by atoms with Gasteiger partial charge in [-0.25, -0.2) is 4.39 Å². The number of nitrogens with one attached hydrogen (secondary N) is 1. The zero-order valence-corrected chi connectivity index (χ0v) is 16.8. The molecule has 3 aromatic rings. The molecule has 1 atom stereocenters. The smallest absolute Gasteiger partial charge is 0.230 e. The Morgan fingerprint density at radius 2 is 1.93 bits per heavy atom. The number of carbonyl (C=O) groups excluding carboxylic acids is 1. The van der Waals surface area contributed by atoms with E-state index in [2.05, 4.69) is 46.5 Å². The van der Waals surface area contributed by atoms with Crippen LogP contribution in [0.15, 0.2) is 54.2 Å². The van der Waals surface area contributed by atoms with Gasteiger partial charge in [0.05, 0.1) is 18.0 Å². The molecule has 0 bridgehead atoms. The van der Waals surface area contributed by atoms with Crippen LogP contribution in [-0.4, -0.2) is 31.4 Å². The van der Waals surface area contributed by atoms with E-state index in [1.807, 2.05) is 16.7 Å². The zero-order chi connectivity index (χ0) is 20.1. The predicted octanol–water partition coefficient (Wildman–Crippen LogP) is 3.89. The minimum atomic E-state index is -0.426. The summed E-state index contributed by atoms with van der Waals surface area (Å²) in [6.07, 6.45) is 4.30. The van der Waals surface area contributed by atoms with Gasteiger partial charge in [0.2, 0.25) is 5.91 Å². The Kier molecular flexibility index (Phi) is 6.41. The lowest BCUT2D eigenvalue weighted by atomic mass is 10.0. The maximum absolute atomic E-state index is 13.3. The molecule has 2 aromatic heterocycles. The summed E-state index contributed by atoms with van der Waals surface area (Å²) in [7, 11) is 0. The third-order valence-corrected chi connectivity index (χ3v) is 5.23. The molecular weight excluding hydrogens is 377 g/mol. The number of thioether (sulfide) groups is 1. The van der Waals surface area contributed by atoms with E-state index >= 15 is 0 Å². The van der Waals surface area contributed by atoms with E-state index in [1.54, 1.807) is 19.4 Å².